The average molecular weight is 195 g/mol. The molecule has 0 aromatic heterocycles. The lowest BCUT2D eigenvalue weighted by Crippen LogP contribution is -2.40. The molecule has 0 unspecified atom stereocenters. The zero-order chi connectivity index (χ0) is 10.2. The van der Waals surface area contributed by atoms with Gasteiger partial charge in [0.05, 0.1) is 6.54 Å². The average Bonchev–Trinajstić information content (AvgIpc) is 2.20. The van der Waals surface area contributed by atoms with E-state index >= 15 is 0 Å². The fourth-order valence-electron chi connectivity index (χ4n) is 1.19. The van der Waals surface area contributed by atoms with Crippen LogP contribution < -0.4 is 5.32 Å². The molecule has 0 saturated carbocycles. The Morgan fingerprint density at radius 3 is 3.14 bits per heavy atom. The van der Waals surface area contributed by atoms with Crippen molar-refractivity contribution in [2.45, 2.75) is 12.8 Å². The standard InChI is InChI=1S/C9H13N3O2/c13-8-10-4-1-2-6-12-7-3-5-11-9(12)14/h3,7H,1-2,4-6H2,(H,11,14). The highest BCUT2D eigenvalue weighted by Gasteiger charge is 2.11. The van der Waals surface area contributed by atoms with Gasteiger partial charge in [0.1, 0.15) is 0 Å². The SMILES string of the molecule is O=C=NCCCCN1C=CCNC1=O. The molecule has 0 radical (unpaired) electrons. The second-order valence-corrected chi connectivity index (χ2v) is 2.94. The van der Waals surface area contributed by atoms with E-state index in [0.717, 1.165) is 12.8 Å². The summed E-state index contributed by atoms with van der Waals surface area (Å²) in [7, 11) is 0. The second-order valence-electron chi connectivity index (χ2n) is 2.94. The van der Waals surface area contributed by atoms with Crippen molar-refractivity contribution in [3.8, 4) is 0 Å². The maximum absolute atomic E-state index is 11.2. The van der Waals surface area contributed by atoms with E-state index in [-0.39, 0.29) is 6.03 Å². The zero-order valence-corrected chi connectivity index (χ0v) is 7.90. The summed E-state index contributed by atoms with van der Waals surface area (Å²) < 4.78 is 0. The van der Waals surface area contributed by atoms with Gasteiger partial charge < -0.3 is 10.2 Å². The van der Waals surface area contributed by atoms with Gasteiger partial charge in [0.25, 0.3) is 0 Å². The Morgan fingerprint density at radius 1 is 1.57 bits per heavy atom. The third-order valence-corrected chi connectivity index (χ3v) is 1.90. The molecular weight excluding hydrogens is 182 g/mol. The summed E-state index contributed by atoms with van der Waals surface area (Å²) in [5.41, 5.74) is 0. The maximum atomic E-state index is 11.2. The van der Waals surface area contributed by atoms with Crippen LogP contribution in [0.2, 0.25) is 0 Å². The van der Waals surface area contributed by atoms with E-state index in [4.69, 9.17) is 0 Å². The summed E-state index contributed by atoms with van der Waals surface area (Å²) in [6.45, 7) is 1.75. The molecule has 5 nitrogen and oxygen atoms in total. The van der Waals surface area contributed by atoms with Gasteiger partial charge in [-0.25, -0.2) is 14.6 Å². The molecule has 1 aliphatic heterocycles. The summed E-state index contributed by atoms with van der Waals surface area (Å²) >= 11 is 0. The summed E-state index contributed by atoms with van der Waals surface area (Å²) in [6.07, 6.45) is 6.79. The topological polar surface area (TPSA) is 61.8 Å². The Labute approximate surface area is 82.5 Å². The number of carbonyl (C=O) groups is 1. The number of rotatable bonds is 5. The van der Waals surface area contributed by atoms with Crippen LogP contribution in [-0.2, 0) is 4.79 Å². The van der Waals surface area contributed by atoms with Crippen LogP contribution in [0, 0.1) is 0 Å². The third kappa shape index (κ3) is 3.41. The van der Waals surface area contributed by atoms with Crippen LogP contribution >= 0.6 is 0 Å². The monoisotopic (exact) mass is 195 g/mol. The summed E-state index contributed by atoms with van der Waals surface area (Å²) in [6, 6.07) is -0.0635. The Balaban J connectivity index is 2.17. The molecule has 14 heavy (non-hydrogen) atoms. The van der Waals surface area contributed by atoms with Crippen molar-refractivity contribution in [3.05, 3.63) is 12.3 Å². The van der Waals surface area contributed by atoms with Gasteiger partial charge >= 0.3 is 6.03 Å². The molecule has 1 aliphatic rings. The van der Waals surface area contributed by atoms with Crippen molar-refractivity contribution in [1.29, 1.82) is 0 Å². The van der Waals surface area contributed by atoms with Crippen molar-refractivity contribution in [3.63, 3.8) is 0 Å². The fourth-order valence-corrected chi connectivity index (χ4v) is 1.19. The molecule has 5 heteroatoms. The van der Waals surface area contributed by atoms with Crippen LogP contribution in [0.4, 0.5) is 4.79 Å². The molecule has 0 fully saturated rings. The van der Waals surface area contributed by atoms with E-state index < -0.39 is 0 Å². The number of nitrogens with one attached hydrogen (secondary N) is 1. The first-order valence-electron chi connectivity index (χ1n) is 4.59. The smallest absolute Gasteiger partial charge is 0.321 e. The molecule has 0 aromatic carbocycles. The van der Waals surface area contributed by atoms with E-state index in [1.165, 1.54) is 6.08 Å². The molecule has 0 spiro atoms. The van der Waals surface area contributed by atoms with Gasteiger partial charge in [-0.1, -0.05) is 0 Å². The Morgan fingerprint density at radius 2 is 2.43 bits per heavy atom. The summed E-state index contributed by atoms with van der Waals surface area (Å²) in [5, 5.41) is 2.70. The van der Waals surface area contributed by atoms with Crippen LogP contribution in [0.1, 0.15) is 12.8 Å². The molecule has 1 heterocycles. The largest absolute Gasteiger partial charge is 0.334 e. The lowest BCUT2D eigenvalue weighted by Gasteiger charge is -2.21. The number of hydrogen-bond acceptors (Lipinski definition) is 3. The Kier molecular flexibility index (Phi) is 4.44. The third-order valence-electron chi connectivity index (χ3n) is 1.90. The molecule has 0 aliphatic carbocycles. The predicted octanol–water partition coefficient (Wildman–Crippen LogP) is 0.641. The van der Waals surface area contributed by atoms with E-state index in [1.807, 2.05) is 6.08 Å². The first-order valence-corrected chi connectivity index (χ1v) is 4.59. The van der Waals surface area contributed by atoms with Crippen LogP contribution in [-0.4, -0.2) is 36.6 Å². The van der Waals surface area contributed by atoms with Gasteiger partial charge in [0, 0.05) is 19.3 Å². The minimum atomic E-state index is -0.0635. The Hall–Kier alpha value is -1.61. The number of nitrogens with zero attached hydrogens (tertiary/aromatic N) is 2. The highest BCUT2D eigenvalue weighted by Crippen LogP contribution is 2.00. The molecule has 76 valence electrons. The van der Waals surface area contributed by atoms with Gasteiger partial charge in [-0.15, -0.1) is 0 Å². The van der Waals surface area contributed by atoms with E-state index in [1.54, 1.807) is 11.1 Å². The van der Waals surface area contributed by atoms with Crippen molar-refractivity contribution >= 4 is 12.1 Å². The highest BCUT2D eigenvalue weighted by atomic mass is 16.2. The summed E-state index contributed by atoms with van der Waals surface area (Å²) in [5.74, 6) is 0. The molecule has 0 saturated heterocycles. The molecule has 0 atom stereocenters. The minimum Gasteiger partial charge on any atom is -0.334 e. The van der Waals surface area contributed by atoms with Crippen LogP contribution in [0.5, 0.6) is 0 Å². The Bertz CT molecular complexity index is 269. The number of hydrogen-bond donors (Lipinski definition) is 1. The zero-order valence-electron chi connectivity index (χ0n) is 7.90. The van der Waals surface area contributed by atoms with Gasteiger partial charge in [-0.3, -0.25) is 0 Å². The first kappa shape index (κ1) is 10.5. The lowest BCUT2D eigenvalue weighted by molar-refractivity contribution is 0.213. The molecule has 1 rings (SSSR count). The van der Waals surface area contributed by atoms with Crippen LogP contribution in [0.15, 0.2) is 17.3 Å². The highest BCUT2D eigenvalue weighted by molar-refractivity contribution is 5.76. The quantitative estimate of drug-likeness (QED) is 0.397. The predicted molar refractivity (Wildman–Crippen MR) is 51.5 cm³/mol. The van der Waals surface area contributed by atoms with Gasteiger partial charge in [-0.05, 0) is 18.9 Å². The molecule has 0 aromatic rings. The van der Waals surface area contributed by atoms with Crippen LogP contribution in [0.25, 0.3) is 0 Å². The normalized spacial score (nSPS) is 14.9. The van der Waals surface area contributed by atoms with Crippen LogP contribution in [0.3, 0.4) is 0 Å². The molecular formula is C9H13N3O2. The number of amides is 2. The van der Waals surface area contributed by atoms with Crippen molar-refractivity contribution in [2.24, 2.45) is 4.99 Å². The molecule has 1 N–H and O–H groups in total. The maximum Gasteiger partial charge on any atom is 0.321 e. The van der Waals surface area contributed by atoms with E-state index in [9.17, 15) is 9.59 Å². The molecule has 0 bridgehead atoms. The molecule has 2 amide bonds. The lowest BCUT2D eigenvalue weighted by atomic mass is 10.3. The van der Waals surface area contributed by atoms with Crippen molar-refractivity contribution in [1.82, 2.24) is 10.2 Å². The summed E-state index contributed by atoms with van der Waals surface area (Å²) in [4.78, 5) is 26.0. The van der Waals surface area contributed by atoms with Gasteiger partial charge in [-0.2, -0.15) is 0 Å². The number of carbonyl (C=O) groups excluding carboxylic acids is 2. The number of unbranched alkanes of at least 4 members (excludes halogenated alkanes) is 1. The van der Waals surface area contributed by atoms with E-state index in [0.29, 0.717) is 19.6 Å². The van der Waals surface area contributed by atoms with Gasteiger partial charge in [0.15, 0.2) is 0 Å². The fraction of sp³-hybridized carbons (Fsp3) is 0.556. The van der Waals surface area contributed by atoms with E-state index in [2.05, 4.69) is 10.3 Å². The second kappa shape index (κ2) is 5.94. The minimum absolute atomic E-state index is 0.0635. The first-order chi connectivity index (χ1) is 6.84. The number of aliphatic imine (C=N–C) groups is 1. The number of urea groups is 1. The number of isocyanates is 1. The van der Waals surface area contributed by atoms with Gasteiger partial charge in [0.2, 0.25) is 6.08 Å². The van der Waals surface area contributed by atoms with Crippen molar-refractivity contribution in [2.75, 3.05) is 19.6 Å². The van der Waals surface area contributed by atoms with Crippen molar-refractivity contribution < 1.29 is 9.59 Å².